The second-order valence-corrected chi connectivity index (χ2v) is 6.66. The van der Waals surface area contributed by atoms with Crippen molar-refractivity contribution in [2.24, 2.45) is 5.73 Å². The summed E-state index contributed by atoms with van der Waals surface area (Å²) in [6.45, 7) is 8.87. The van der Waals surface area contributed by atoms with Crippen molar-refractivity contribution in [3.05, 3.63) is 34.1 Å². The van der Waals surface area contributed by atoms with E-state index in [-0.39, 0.29) is 11.9 Å². The predicted molar refractivity (Wildman–Crippen MR) is 88.8 cm³/mol. The Morgan fingerprint density at radius 2 is 1.86 bits per heavy atom. The summed E-state index contributed by atoms with van der Waals surface area (Å²) in [6.07, 6.45) is 1.17. The van der Waals surface area contributed by atoms with E-state index in [1.165, 1.54) is 12.5 Å². The van der Waals surface area contributed by atoms with Crippen LogP contribution in [0, 0.1) is 5.82 Å². The van der Waals surface area contributed by atoms with Crippen LogP contribution in [0.4, 0.5) is 4.39 Å². The lowest BCUT2D eigenvalue weighted by Crippen LogP contribution is -2.51. The van der Waals surface area contributed by atoms with Gasteiger partial charge in [-0.05, 0) is 31.5 Å². The Kier molecular flexibility index (Phi) is 6.17. The minimum Gasteiger partial charge on any atom is -0.329 e. The first-order valence-corrected chi connectivity index (χ1v) is 8.49. The van der Waals surface area contributed by atoms with E-state index in [2.05, 4.69) is 39.6 Å². The molecule has 1 aromatic rings. The van der Waals surface area contributed by atoms with Gasteiger partial charge in [0, 0.05) is 48.8 Å². The average Bonchev–Trinajstić information content (AvgIpc) is 2.51. The first-order valence-electron chi connectivity index (χ1n) is 7.70. The standard InChI is InChI=1S/C16H25BrFN3/c1-3-12(2)20-6-8-21(9-7-20)16(11-19)14-10-13(17)4-5-15(14)18/h4-5,10,12,16H,3,6-9,11,19H2,1-2H3. The van der Waals surface area contributed by atoms with Crippen LogP contribution in [0.2, 0.25) is 0 Å². The van der Waals surface area contributed by atoms with Gasteiger partial charge in [0.1, 0.15) is 5.82 Å². The minimum absolute atomic E-state index is 0.0402. The molecule has 2 rings (SSSR count). The summed E-state index contributed by atoms with van der Waals surface area (Å²) in [4.78, 5) is 4.81. The van der Waals surface area contributed by atoms with Crippen LogP contribution in [-0.2, 0) is 0 Å². The molecular formula is C16H25BrFN3. The van der Waals surface area contributed by atoms with Crippen LogP contribution in [0.15, 0.2) is 22.7 Å². The van der Waals surface area contributed by atoms with Crippen LogP contribution in [0.5, 0.6) is 0 Å². The number of hydrogen-bond donors (Lipinski definition) is 1. The van der Waals surface area contributed by atoms with E-state index in [0.717, 1.165) is 30.7 Å². The number of nitrogens with zero attached hydrogens (tertiary/aromatic N) is 2. The molecule has 1 fully saturated rings. The smallest absolute Gasteiger partial charge is 0.128 e. The number of nitrogens with two attached hydrogens (primary N) is 1. The highest BCUT2D eigenvalue weighted by Gasteiger charge is 2.27. The zero-order valence-electron chi connectivity index (χ0n) is 12.9. The van der Waals surface area contributed by atoms with Crippen molar-refractivity contribution in [1.29, 1.82) is 0 Å². The maximum absolute atomic E-state index is 14.1. The molecular weight excluding hydrogens is 333 g/mol. The zero-order valence-corrected chi connectivity index (χ0v) is 14.4. The summed E-state index contributed by atoms with van der Waals surface area (Å²) in [5, 5.41) is 0. The molecule has 0 bridgehead atoms. The molecule has 0 spiro atoms. The molecule has 1 aliphatic rings. The van der Waals surface area contributed by atoms with Crippen molar-refractivity contribution in [3.63, 3.8) is 0 Å². The van der Waals surface area contributed by atoms with Crippen LogP contribution in [0.1, 0.15) is 31.9 Å². The molecule has 0 aliphatic carbocycles. The van der Waals surface area contributed by atoms with Crippen LogP contribution in [0.3, 0.4) is 0 Å². The molecule has 2 unspecified atom stereocenters. The fourth-order valence-corrected chi connectivity index (χ4v) is 3.37. The van der Waals surface area contributed by atoms with E-state index < -0.39 is 0 Å². The monoisotopic (exact) mass is 357 g/mol. The van der Waals surface area contributed by atoms with Gasteiger partial charge in [-0.25, -0.2) is 4.39 Å². The molecule has 1 heterocycles. The molecule has 5 heteroatoms. The quantitative estimate of drug-likeness (QED) is 0.878. The predicted octanol–water partition coefficient (Wildman–Crippen LogP) is 3.00. The lowest BCUT2D eigenvalue weighted by atomic mass is 10.0. The van der Waals surface area contributed by atoms with Gasteiger partial charge >= 0.3 is 0 Å². The Morgan fingerprint density at radius 3 is 2.43 bits per heavy atom. The highest BCUT2D eigenvalue weighted by atomic mass is 79.9. The topological polar surface area (TPSA) is 32.5 Å². The third-order valence-corrected chi connectivity index (χ3v) is 5.04. The van der Waals surface area contributed by atoms with Gasteiger partial charge in [-0.15, -0.1) is 0 Å². The van der Waals surface area contributed by atoms with Crippen molar-refractivity contribution in [3.8, 4) is 0 Å². The molecule has 118 valence electrons. The van der Waals surface area contributed by atoms with Crippen LogP contribution >= 0.6 is 15.9 Å². The second-order valence-electron chi connectivity index (χ2n) is 5.75. The summed E-state index contributed by atoms with van der Waals surface area (Å²) in [6, 6.07) is 5.67. The van der Waals surface area contributed by atoms with Gasteiger partial charge in [0.15, 0.2) is 0 Å². The largest absolute Gasteiger partial charge is 0.329 e. The molecule has 1 aliphatic heterocycles. The SMILES string of the molecule is CCC(C)N1CCN(C(CN)c2cc(Br)ccc2F)CC1. The van der Waals surface area contributed by atoms with Crippen molar-refractivity contribution in [2.45, 2.75) is 32.4 Å². The molecule has 0 radical (unpaired) electrons. The summed E-state index contributed by atoms with van der Waals surface area (Å²) in [7, 11) is 0. The number of halogens is 2. The van der Waals surface area contributed by atoms with Gasteiger partial charge in [0.05, 0.1) is 6.04 Å². The number of piperazine rings is 1. The van der Waals surface area contributed by atoms with Crippen LogP contribution in [0.25, 0.3) is 0 Å². The van der Waals surface area contributed by atoms with Crippen LogP contribution in [-0.4, -0.2) is 48.6 Å². The van der Waals surface area contributed by atoms with Gasteiger partial charge in [-0.2, -0.15) is 0 Å². The Balaban J connectivity index is 2.08. The molecule has 21 heavy (non-hydrogen) atoms. The molecule has 1 aromatic carbocycles. The lowest BCUT2D eigenvalue weighted by molar-refractivity contribution is 0.0733. The Labute approximate surface area is 135 Å². The molecule has 1 saturated heterocycles. The third kappa shape index (κ3) is 4.03. The molecule has 2 atom stereocenters. The molecule has 0 amide bonds. The second kappa shape index (κ2) is 7.68. The van der Waals surface area contributed by atoms with Gasteiger partial charge in [0.25, 0.3) is 0 Å². The van der Waals surface area contributed by atoms with Crippen molar-refractivity contribution >= 4 is 15.9 Å². The molecule has 0 aromatic heterocycles. The van der Waals surface area contributed by atoms with E-state index in [9.17, 15) is 4.39 Å². The fourth-order valence-electron chi connectivity index (χ4n) is 2.99. The van der Waals surface area contributed by atoms with E-state index in [1.807, 2.05) is 6.07 Å². The van der Waals surface area contributed by atoms with Gasteiger partial charge in [-0.3, -0.25) is 9.80 Å². The van der Waals surface area contributed by atoms with Crippen molar-refractivity contribution < 1.29 is 4.39 Å². The maximum Gasteiger partial charge on any atom is 0.128 e. The lowest BCUT2D eigenvalue weighted by Gasteiger charge is -2.41. The number of rotatable bonds is 5. The average molecular weight is 358 g/mol. The van der Waals surface area contributed by atoms with E-state index in [1.54, 1.807) is 6.07 Å². The van der Waals surface area contributed by atoms with Crippen molar-refractivity contribution in [1.82, 2.24) is 9.80 Å². The Morgan fingerprint density at radius 1 is 1.24 bits per heavy atom. The molecule has 2 N–H and O–H groups in total. The number of hydrogen-bond acceptors (Lipinski definition) is 3. The highest BCUT2D eigenvalue weighted by molar-refractivity contribution is 9.10. The maximum atomic E-state index is 14.1. The van der Waals surface area contributed by atoms with Gasteiger partial charge in [-0.1, -0.05) is 22.9 Å². The van der Waals surface area contributed by atoms with Crippen LogP contribution < -0.4 is 5.73 Å². The summed E-state index contributed by atoms with van der Waals surface area (Å²) >= 11 is 3.42. The van der Waals surface area contributed by atoms with Gasteiger partial charge in [0.2, 0.25) is 0 Å². The van der Waals surface area contributed by atoms with E-state index in [4.69, 9.17) is 5.73 Å². The molecule has 3 nitrogen and oxygen atoms in total. The summed E-state index contributed by atoms with van der Waals surface area (Å²) in [5.41, 5.74) is 6.64. The Hall–Kier alpha value is -0.490. The fraction of sp³-hybridized carbons (Fsp3) is 0.625. The highest BCUT2D eigenvalue weighted by Crippen LogP contribution is 2.27. The normalized spacial score (nSPS) is 20.4. The minimum atomic E-state index is -0.169. The number of benzene rings is 1. The van der Waals surface area contributed by atoms with E-state index in [0.29, 0.717) is 18.2 Å². The molecule has 0 saturated carbocycles. The van der Waals surface area contributed by atoms with E-state index >= 15 is 0 Å². The first-order chi connectivity index (χ1) is 10.1. The summed E-state index contributed by atoms with van der Waals surface area (Å²) in [5.74, 6) is -0.169. The first kappa shape index (κ1) is 16.9. The Bertz CT molecular complexity index is 461. The zero-order chi connectivity index (χ0) is 15.4. The third-order valence-electron chi connectivity index (χ3n) is 4.54. The van der Waals surface area contributed by atoms with Gasteiger partial charge < -0.3 is 5.73 Å². The summed E-state index contributed by atoms with van der Waals surface area (Å²) < 4.78 is 15.0. The van der Waals surface area contributed by atoms with Crippen molar-refractivity contribution in [2.75, 3.05) is 32.7 Å².